The van der Waals surface area contributed by atoms with Crippen LogP contribution in [0.1, 0.15) is 62.3 Å². The van der Waals surface area contributed by atoms with Crippen molar-refractivity contribution in [1.82, 2.24) is 0 Å². The van der Waals surface area contributed by atoms with E-state index in [-0.39, 0.29) is 0 Å². The van der Waals surface area contributed by atoms with Gasteiger partial charge in [0.1, 0.15) is 0 Å². The highest BCUT2D eigenvalue weighted by molar-refractivity contribution is 6.58. The van der Waals surface area contributed by atoms with E-state index in [4.69, 9.17) is 28.4 Å². The first kappa shape index (κ1) is 20.0. The summed E-state index contributed by atoms with van der Waals surface area (Å²) < 4.78 is 16.0. The molecule has 0 amide bonds. The molecule has 0 heterocycles. The summed E-state index contributed by atoms with van der Waals surface area (Å²) in [5.41, 5.74) is -1.49. The summed E-state index contributed by atoms with van der Waals surface area (Å²) >= 11 is 0. The lowest BCUT2D eigenvalue weighted by atomic mass is 10.2. The molecule has 0 rings (SSSR count). The maximum Gasteiger partial charge on any atom is 0.581 e. The number of rotatable bonds is 6. The zero-order valence-corrected chi connectivity index (χ0v) is 15.4. The maximum atomic E-state index is 5.33. The van der Waals surface area contributed by atoms with Crippen LogP contribution >= 0.6 is 0 Å². The molecule has 0 bridgehead atoms. The van der Waals surface area contributed by atoms with Crippen LogP contribution in [0.3, 0.4) is 0 Å². The van der Waals surface area contributed by atoms with Crippen LogP contribution in [-0.4, -0.2) is 25.6 Å². The predicted molar refractivity (Wildman–Crippen MR) is 77.4 cm³/mol. The molecule has 0 spiro atoms. The molecule has 0 N–H and O–H groups in total. The summed E-state index contributed by atoms with van der Waals surface area (Å²) in [5.74, 6) is 0. The molecule has 0 aromatic carbocycles. The van der Waals surface area contributed by atoms with Crippen molar-refractivity contribution in [2.45, 2.75) is 85.7 Å². The summed E-state index contributed by atoms with van der Waals surface area (Å²) in [6.07, 6.45) is 0. The summed E-state index contributed by atoms with van der Waals surface area (Å²) in [6, 6.07) is 0. The molecule has 0 saturated carbocycles. The first-order valence-corrected chi connectivity index (χ1v) is 8.95. The summed E-state index contributed by atoms with van der Waals surface area (Å²) in [5, 5.41) is 0. The van der Waals surface area contributed by atoms with Crippen LogP contribution in [0.25, 0.3) is 0 Å². The Kier molecular flexibility index (Phi) is 6.82. The standard InChI is InChI=1S/C13H30O6Si/c1-11(2,3)14-17-20(10,18-15-12(4,5)6)19-16-13(7,8)9/h1-10H3. The maximum absolute atomic E-state index is 5.33. The largest absolute Gasteiger partial charge is 0.581 e. The van der Waals surface area contributed by atoms with Gasteiger partial charge in [-0.3, -0.25) is 0 Å². The van der Waals surface area contributed by atoms with E-state index >= 15 is 0 Å². The van der Waals surface area contributed by atoms with Crippen molar-refractivity contribution in [2.24, 2.45) is 0 Å². The molecule has 7 heteroatoms. The van der Waals surface area contributed by atoms with Crippen molar-refractivity contribution >= 4 is 8.80 Å². The van der Waals surface area contributed by atoms with Crippen molar-refractivity contribution in [3.63, 3.8) is 0 Å². The predicted octanol–water partition coefficient (Wildman–Crippen LogP) is 3.80. The van der Waals surface area contributed by atoms with Gasteiger partial charge in [-0.05, 0) is 62.3 Å². The van der Waals surface area contributed by atoms with Gasteiger partial charge in [0.15, 0.2) is 0 Å². The Labute approximate surface area is 123 Å². The van der Waals surface area contributed by atoms with E-state index in [1.54, 1.807) is 6.55 Å². The molecule has 0 aromatic rings. The second-order valence-corrected chi connectivity index (χ2v) is 9.92. The molecule has 6 nitrogen and oxygen atoms in total. The summed E-state index contributed by atoms with van der Waals surface area (Å²) in [4.78, 5) is 15.8. The molecule has 0 unspecified atom stereocenters. The van der Waals surface area contributed by atoms with E-state index in [1.807, 2.05) is 62.3 Å². The molecule has 122 valence electrons. The van der Waals surface area contributed by atoms with Crippen LogP contribution in [0, 0.1) is 0 Å². The van der Waals surface area contributed by atoms with Gasteiger partial charge in [-0.1, -0.05) is 0 Å². The molecule has 0 saturated heterocycles. The lowest BCUT2D eigenvalue weighted by molar-refractivity contribution is -0.408. The Bertz CT molecular complexity index is 241. The fourth-order valence-corrected chi connectivity index (χ4v) is 1.93. The van der Waals surface area contributed by atoms with Crippen LogP contribution in [0.15, 0.2) is 0 Å². The fraction of sp³-hybridized carbons (Fsp3) is 1.00. The van der Waals surface area contributed by atoms with Crippen molar-refractivity contribution in [1.29, 1.82) is 0 Å². The molecule has 0 aliphatic heterocycles. The Hall–Kier alpha value is -0.0231. The Morgan fingerprint density at radius 1 is 0.500 bits per heavy atom. The van der Waals surface area contributed by atoms with Crippen LogP contribution in [0.4, 0.5) is 0 Å². The molecule has 0 aliphatic rings. The highest BCUT2D eigenvalue weighted by Gasteiger charge is 2.44. The normalized spacial score (nSPS) is 14.7. The number of hydrogen-bond acceptors (Lipinski definition) is 6. The molecular formula is C13H30O6Si. The molecular weight excluding hydrogens is 280 g/mol. The van der Waals surface area contributed by atoms with Crippen LogP contribution in [-0.2, 0) is 28.4 Å². The molecule has 20 heavy (non-hydrogen) atoms. The summed E-state index contributed by atoms with van der Waals surface area (Å²) in [7, 11) is -3.25. The average Bonchev–Trinajstić information content (AvgIpc) is 2.18. The van der Waals surface area contributed by atoms with Crippen LogP contribution < -0.4 is 0 Å². The summed E-state index contributed by atoms with van der Waals surface area (Å²) in [6.45, 7) is 18.4. The fourth-order valence-electron chi connectivity index (χ4n) is 0.644. The molecule has 0 aromatic heterocycles. The second-order valence-electron chi connectivity index (χ2n) is 7.70. The van der Waals surface area contributed by atoms with Crippen molar-refractivity contribution in [3.8, 4) is 0 Å². The lowest BCUT2D eigenvalue weighted by Gasteiger charge is -2.31. The van der Waals surface area contributed by atoms with Crippen molar-refractivity contribution in [2.75, 3.05) is 0 Å². The van der Waals surface area contributed by atoms with Gasteiger partial charge in [-0.2, -0.15) is 0 Å². The minimum Gasteiger partial charge on any atom is -0.237 e. The zero-order chi connectivity index (χ0) is 16.2. The van der Waals surface area contributed by atoms with Gasteiger partial charge in [0, 0.05) is 6.55 Å². The van der Waals surface area contributed by atoms with Gasteiger partial charge in [0.25, 0.3) is 0 Å². The molecule has 0 atom stereocenters. The molecule has 0 aliphatic carbocycles. The second kappa shape index (κ2) is 6.82. The van der Waals surface area contributed by atoms with E-state index < -0.39 is 25.6 Å². The highest BCUT2D eigenvalue weighted by atomic mass is 28.4. The van der Waals surface area contributed by atoms with Crippen LogP contribution in [0.5, 0.6) is 0 Å². The number of hydrogen-bond donors (Lipinski definition) is 0. The minimum absolute atomic E-state index is 0.496. The van der Waals surface area contributed by atoms with Crippen molar-refractivity contribution in [3.05, 3.63) is 0 Å². The lowest BCUT2D eigenvalue weighted by Crippen LogP contribution is -2.47. The third-order valence-electron chi connectivity index (χ3n) is 1.33. The Balaban J connectivity index is 4.66. The monoisotopic (exact) mass is 310 g/mol. The quantitative estimate of drug-likeness (QED) is 0.422. The van der Waals surface area contributed by atoms with Crippen LogP contribution in [0.2, 0.25) is 6.55 Å². The van der Waals surface area contributed by atoms with Crippen molar-refractivity contribution < 1.29 is 28.4 Å². The Morgan fingerprint density at radius 3 is 0.850 bits per heavy atom. The average molecular weight is 310 g/mol. The molecule has 0 radical (unpaired) electrons. The minimum atomic E-state index is -3.25. The highest BCUT2D eigenvalue weighted by Crippen LogP contribution is 2.21. The van der Waals surface area contributed by atoms with E-state index in [0.29, 0.717) is 0 Å². The SMILES string of the molecule is CC(C)(C)OO[Si](C)(OOC(C)(C)C)OOC(C)(C)C. The van der Waals surface area contributed by atoms with E-state index in [0.717, 1.165) is 0 Å². The Morgan fingerprint density at radius 2 is 0.700 bits per heavy atom. The first-order valence-electron chi connectivity index (χ1n) is 6.72. The zero-order valence-electron chi connectivity index (χ0n) is 14.4. The first-order chi connectivity index (χ1) is 8.62. The van der Waals surface area contributed by atoms with E-state index in [2.05, 4.69) is 0 Å². The van der Waals surface area contributed by atoms with Gasteiger partial charge in [-0.15, -0.1) is 0 Å². The van der Waals surface area contributed by atoms with E-state index in [1.165, 1.54) is 0 Å². The van der Waals surface area contributed by atoms with Gasteiger partial charge >= 0.3 is 8.80 Å². The van der Waals surface area contributed by atoms with Gasteiger partial charge < -0.3 is 0 Å². The topological polar surface area (TPSA) is 55.4 Å². The smallest absolute Gasteiger partial charge is 0.237 e. The third kappa shape index (κ3) is 11.8. The van der Waals surface area contributed by atoms with Gasteiger partial charge in [0.05, 0.1) is 16.8 Å². The third-order valence-corrected chi connectivity index (χ3v) is 2.49. The van der Waals surface area contributed by atoms with E-state index in [9.17, 15) is 0 Å². The van der Waals surface area contributed by atoms with Gasteiger partial charge in [0.2, 0.25) is 0 Å². The molecule has 0 fully saturated rings. The van der Waals surface area contributed by atoms with Gasteiger partial charge in [-0.25, -0.2) is 28.4 Å².